The minimum absolute atomic E-state index is 0.0406. The number of nitrogens with one attached hydrogen (secondary N) is 2. The van der Waals surface area contributed by atoms with Crippen molar-refractivity contribution < 1.29 is 22.7 Å². The Morgan fingerprint density at radius 2 is 1.54 bits per heavy atom. The Balaban J connectivity index is 1.29. The molecule has 0 spiro atoms. The van der Waals surface area contributed by atoms with Crippen LogP contribution in [-0.4, -0.2) is 44.8 Å². The molecule has 0 saturated carbocycles. The van der Waals surface area contributed by atoms with Crippen LogP contribution in [0.25, 0.3) is 0 Å². The van der Waals surface area contributed by atoms with Gasteiger partial charge in [0, 0.05) is 29.5 Å². The Bertz CT molecular complexity index is 1370. The van der Waals surface area contributed by atoms with Crippen LogP contribution in [0.2, 0.25) is 10.0 Å². The van der Waals surface area contributed by atoms with E-state index in [-0.39, 0.29) is 28.2 Å². The first-order valence-corrected chi connectivity index (χ1v) is 13.8. The van der Waals surface area contributed by atoms with Crippen LogP contribution in [0.3, 0.4) is 0 Å². The second-order valence-corrected chi connectivity index (χ2v) is 11.0. The highest BCUT2D eigenvalue weighted by Gasteiger charge is 2.19. The normalized spacial score (nSPS) is 13.3. The van der Waals surface area contributed by atoms with Crippen LogP contribution in [0, 0.1) is 0 Å². The highest BCUT2D eigenvalue weighted by Crippen LogP contribution is 2.28. The number of halogens is 2. The van der Waals surface area contributed by atoms with Crippen molar-refractivity contribution >= 4 is 56.4 Å². The molecule has 0 atom stereocenters. The molecule has 0 unspecified atom stereocenters. The van der Waals surface area contributed by atoms with Crippen LogP contribution in [0.4, 0.5) is 11.4 Å². The number of ether oxygens (including phenoxy) is 1. The first-order valence-electron chi connectivity index (χ1n) is 11.6. The van der Waals surface area contributed by atoms with Crippen LogP contribution < -0.4 is 14.8 Å². The Hall–Kier alpha value is -3.27. The van der Waals surface area contributed by atoms with E-state index in [0.29, 0.717) is 22.8 Å². The number of carbonyl (C=O) groups excluding carboxylic acids is 2. The summed E-state index contributed by atoms with van der Waals surface area (Å²) in [6.45, 7) is 1.30. The fraction of sp³-hybridized carbons (Fsp3) is 0.231. The minimum Gasteiger partial charge on any atom is -0.482 e. The molecule has 37 heavy (non-hydrogen) atoms. The van der Waals surface area contributed by atoms with Gasteiger partial charge in [-0.15, -0.1) is 0 Å². The summed E-state index contributed by atoms with van der Waals surface area (Å²) in [5.74, 6) is -0.143. The molecule has 0 bridgehead atoms. The molecule has 8 nitrogen and oxygen atoms in total. The van der Waals surface area contributed by atoms with E-state index in [9.17, 15) is 18.0 Å². The van der Waals surface area contributed by atoms with Crippen molar-refractivity contribution in [2.75, 3.05) is 29.7 Å². The Labute approximate surface area is 225 Å². The van der Waals surface area contributed by atoms with E-state index in [1.807, 2.05) is 4.90 Å². The third-order valence-electron chi connectivity index (χ3n) is 5.72. The number of nitrogens with zero attached hydrogens (tertiary/aromatic N) is 1. The van der Waals surface area contributed by atoms with Gasteiger partial charge in [0.1, 0.15) is 5.75 Å². The van der Waals surface area contributed by atoms with Crippen molar-refractivity contribution in [1.29, 1.82) is 0 Å². The van der Waals surface area contributed by atoms with E-state index >= 15 is 0 Å². The standard InChI is InChI=1S/C26H25Cl2N3O5S/c27-19-5-9-21(10-6-19)30-37(34,35)22-11-12-24(23(28)16-22)36-17-25(32)29-20-7-3-18(4-8-20)15-26(33)31-13-1-2-14-31/h3-12,16,30H,1-2,13-15,17H2,(H,29,32). The molecule has 3 aromatic carbocycles. The lowest BCUT2D eigenvalue weighted by molar-refractivity contribution is -0.129. The largest absolute Gasteiger partial charge is 0.482 e. The highest BCUT2D eigenvalue weighted by atomic mass is 35.5. The Morgan fingerprint density at radius 1 is 0.892 bits per heavy atom. The van der Waals surface area contributed by atoms with Crippen molar-refractivity contribution in [2.45, 2.75) is 24.2 Å². The lowest BCUT2D eigenvalue weighted by Crippen LogP contribution is -2.29. The number of hydrogen-bond donors (Lipinski definition) is 2. The fourth-order valence-corrected chi connectivity index (χ4v) is 5.31. The maximum absolute atomic E-state index is 12.6. The zero-order chi connectivity index (χ0) is 26.4. The smallest absolute Gasteiger partial charge is 0.262 e. The van der Waals surface area contributed by atoms with Gasteiger partial charge in [-0.3, -0.25) is 14.3 Å². The lowest BCUT2D eigenvalue weighted by Gasteiger charge is -2.15. The van der Waals surface area contributed by atoms with Crippen molar-refractivity contribution in [2.24, 2.45) is 0 Å². The van der Waals surface area contributed by atoms with E-state index in [1.54, 1.807) is 48.5 Å². The van der Waals surface area contributed by atoms with Gasteiger partial charge in [-0.25, -0.2) is 8.42 Å². The highest BCUT2D eigenvalue weighted by molar-refractivity contribution is 7.92. The predicted molar refractivity (Wildman–Crippen MR) is 144 cm³/mol. The Morgan fingerprint density at radius 3 is 2.19 bits per heavy atom. The number of carbonyl (C=O) groups is 2. The lowest BCUT2D eigenvalue weighted by atomic mass is 10.1. The molecule has 1 heterocycles. The predicted octanol–water partition coefficient (Wildman–Crippen LogP) is 4.98. The molecule has 2 amide bonds. The maximum Gasteiger partial charge on any atom is 0.262 e. The summed E-state index contributed by atoms with van der Waals surface area (Å²) in [5.41, 5.74) is 1.79. The number of benzene rings is 3. The van der Waals surface area contributed by atoms with Gasteiger partial charge >= 0.3 is 0 Å². The van der Waals surface area contributed by atoms with Gasteiger partial charge in [-0.2, -0.15) is 0 Å². The van der Waals surface area contributed by atoms with Crippen molar-refractivity contribution in [3.63, 3.8) is 0 Å². The minimum atomic E-state index is -3.89. The summed E-state index contributed by atoms with van der Waals surface area (Å²) in [6, 6.07) is 17.2. The molecule has 0 radical (unpaired) electrons. The van der Waals surface area contributed by atoms with Gasteiger partial charge in [0.15, 0.2) is 6.61 Å². The number of amides is 2. The van der Waals surface area contributed by atoms with E-state index < -0.39 is 15.9 Å². The molecule has 194 valence electrons. The molecular weight excluding hydrogens is 537 g/mol. The topological polar surface area (TPSA) is 105 Å². The third-order valence-corrected chi connectivity index (χ3v) is 7.65. The average Bonchev–Trinajstić information content (AvgIpc) is 3.41. The molecule has 1 aliphatic heterocycles. The average molecular weight is 562 g/mol. The van der Waals surface area contributed by atoms with Crippen LogP contribution >= 0.6 is 23.2 Å². The molecule has 1 fully saturated rings. The van der Waals surface area contributed by atoms with Crippen LogP contribution in [0.5, 0.6) is 5.75 Å². The molecule has 0 aliphatic carbocycles. The Kier molecular flexibility index (Phi) is 8.58. The van der Waals surface area contributed by atoms with E-state index in [1.165, 1.54) is 18.2 Å². The first kappa shape index (κ1) is 26.8. The molecule has 1 saturated heterocycles. The summed E-state index contributed by atoms with van der Waals surface area (Å²) in [4.78, 5) is 26.4. The van der Waals surface area contributed by atoms with Gasteiger partial charge in [0.2, 0.25) is 5.91 Å². The molecule has 11 heteroatoms. The van der Waals surface area contributed by atoms with E-state index in [0.717, 1.165) is 31.5 Å². The molecule has 3 aromatic rings. The summed E-state index contributed by atoms with van der Waals surface area (Å²) < 4.78 is 33.2. The summed E-state index contributed by atoms with van der Waals surface area (Å²) in [6.07, 6.45) is 2.43. The van der Waals surface area contributed by atoms with Gasteiger partial charge in [-0.1, -0.05) is 35.3 Å². The van der Waals surface area contributed by atoms with E-state index in [2.05, 4.69) is 10.0 Å². The van der Waals surface area contributed by atoms with Crippen molar-refractivity contribution in [3.05, 3.63) is 82.3 Å². The zero-order valence-electron chi connectivity index (χ0n) is 19.7. The number of anilines is 2. The molecular formula is C26H25Cl2N3O5S. The number of hydrogen-bond acceptors (Lipinski definition) is 5. The van der Waals surface area contributed by atoms with Gasteiger partial charge in [0.05, 0.1) is 16.3 Å². The maximum atomic E-state index is 12.6. The first-order chi connectivity index (χ1) is 17.7. The van der Waals surface area contributed by atoms with Gasteiger partial charge < -0.3 is 15.0 Å². The zero-order valence-corrected chi connectivity index (χ0v) is 22.1. The number of rotatable bonds is 9. The fourth-order valence-electron chi connectivity index (χ4n) is 3.80. The second kappa shape index (κ2) is 11.9. The molecule has 1 aliphatic rings. The van der Waals surface area contributed by atoms with Crippen LogP contribution in [0.1, 0.15) is 18.4 Å². The molecule has 4 rings (SSSR count). The monoisotopic (exact) mass is 561 g/mol. The van der Waals surface area contributed by atoms with Crippen molar-refractivity contribution in [1.82, 2.24) is 4.90 Å². The van der Waals surface area contributed by atoms with E-state index in [4.69, 9.17) is 27.9 Å². The van der Waals surface area contributed by atoms with Crippen molar-refractivity contribution in [3.8, 4) is 5.75 Å². The number of likely N-dealkylation sites (tertiary alicyclic amines) is 1. The number of sulfonamides is 1. The second-order valence-electron chi connectivity index (χ2n) is 8.50. The third kappa shape index (κ3) is 7.38. The molecule has 2 N–H and O–H groups in total. The quantitative estimate of drug-likeness (QED) is 0.383. The molecule has 0 aromatic heterocycles. The summed E-state index contributed by atoms with van der Waals surface area (Å²) in [5, 5.41) is 3.24. The van der Waals surface area contributed by atoms with Crippen LogP contribution in [-0.2, 0) is 26.0 Å². The SMILES string of the molecule is O=C(COc1ccc(S(=O)(=O)Nc2ccc(Cl)cc2)cc1Cl)Nc1ccc(CC(=O)N2CCCC2)cc1. The van der Waals surface area contributed by atoms with Gasteiger partial charge in [0.25, 0.3) is 15.9 Å². The summed E-state index contributed by atoms with van der Waals surface area (Å²) >= 11 is 12.0. The summed E-state index contributed by atoms with van der Waals surface area (Å²) in [7, 11) is -3.89. The van der Waals surface area contributed by atoms with Crippen LogP contribution in [0.15, 0.2) is 71.6 Å². The van der Waals surface area contributed by atoms with Gasteiger partial charge in [-0.05, 0) is 73.0 Å².